The van der Waals surface area contributed by atoms with Gasteiger partial charge in [0.25, 0.3) is 0 Å². The van der Waals surface area contributed by atoms with E-state index in [0.29, 0.717) is 5.92 Å². The van der Waals surface area contributed by atoms with E-state index in [4.69, 9.17) is 10.5 Å². The van der Waals surface area contributed by atoms with Crippen molar-refractivity contribution >= 4 is 0 Å². The zero-order valence-corrected chi connectivity index (χ0v) is 10.6. The van der Waals surface area contributed by atoms with Crippen LogP contribution in [-0.2, 0) is 0 Å². The molecule has 0 spiro atoms. The summed E-state index contributed by atoms with van der Waals surface area (Å²) in [6.45, 7) is 4.38. The molecule has 1 rings (SSSR count). The first-order chi connectivity index (χ1) is 7.72. The highest BCUT2D eigenvalue weighted by molar-refractivity contribution is 5.30. The summed E-state index contributed by atoms with van der Waals surface area (Å²) in [5.41, 5.74) is 7.53. The van der Waals surface area contributed by atoms with Crippen LogP contribution in [0.25, 0.3) is 0 Å². The van der Waals surface area contributed by atoms with E-state index in [0.717, 1.165) is 25.0 Å². The summed E-state index contributed by atoms with van der Waals surface area (Å²) in [5, 5.41) is 0. The average molecular weight is 221 g/mol. The van der Waals surface area contributed by atoms with Crippen LogP contribution in [0, 0.1) is 0 Å². The molecule has 16 heavy (non-hydrogen) atoms. The summed E-state index contributed by atoms with van der Waals surface area (Å²) in [7, 11) is 1.69. The molecule has 2 N–H and O–H groups in total. The molecule has 2 atom stereocenters. The maximum absolute atomic E-state index is 6.21. The molecule has 0 saturated carbocycles. The van der Waals surface area contributed by atoms with Gasteiger partial charge < -0.3 is 10.5 Å². The van der Waals surface area contributed by atoms with Crippen LogP contribution in [0.2, 0.25) is 0 Å². The highest BCUT2D eigenvalue weighted by Gasteiger charge is 2.16. The van der Waals surface area contributed by atoms with Crippen molar-refractivity contribution < 1.29 is 4.74 Å². The molecule has 0 fully saturated rings. The highest BCUT2D eigenvalue weighted by atomic mass is 16.5. The topological polar surface area (TPSA) is 35.2 Å². The van der Waals surface area contributed by atoms with Crippen molar-refractivity contribution in [2.75, 3.05) is 7.11 Å². The third-order valence-corrected chi connectivity index (χ3v) is 3.12. The summed E-state index contributed by atoms with van der Waals surface area (Å²) in [6.07, 6.45) is 3.33. The molecule has 0 radical (unpaired) electrons. The minimum absolute atomic E-state index is 0.267. The van der Waals surface area contributed by atoms with E-state index in [1.807, 2.05) is 12.1 Å². The normalized spacial score (nSPS) is 14.5. The zero-order valence-electron chi connectivity index (χ0n) is 10.6. The van der Waals surface area contributed by atoms with E-state index < -0.39 is 0 Å². The molecule has 2 nitrogen and oxygen atoms in total. The number of rotatable bonds is 6. The number of hydrogen-bond acceptors (Lipinski definition) is 2. The minimum atomic E-state index is 0.267. The molecular weight excluding hydrogens is 198 g/mol. The lowest BCUT2D eigenvalue weighted by Gasteiger charge is -2.22. The zero-order chi connectivity index (χ0) is 12.0. The first-order valence-corrected chi connectivity index (χ1v) is 6.12. The number of nitrogens with two attached hydrogens (primary N) is 1. The lowest BCUT2D eigenvalue weighted by atomic mass is 9.87. The maximum atomic E-state index is 6.21. The van der Waals surface area contributed by atoms with E-state index in [1.165, 1.54) is 5.56 Å². The van der Waals surface area contributed by atoms with Gasteiger partial charge in [0.15, 0.2) is 0 Å². The predicted octanol–water partition coefficient (Wildman–Crippen LogP) is 3.32. The van der Waals surface area contributed by atoms with Crippen LogP contribution in [0.15, 0.2) is 24.3 Å². The molecule has 90 valence electrons. The first-order valence-electron chi connectivity index (χ1n) is 6.12. The van der Waals surface area contributed by atoms with Crippen molar-refractivity contribution in [3.63, 3.8) is 0 Å². The van der Waals surface area contributed by atoms with E-state index in [-0.39, 0.29) is 6.04 Å². The standard InChI is InChI=1S/C14H23NO/c1-4-6-14(15)13(5-2)11-7-9-12(16-3)10-8-11/h7-10,13-14H,4-6,15H2,1-3H3. The molecule has 0 saturated heterocycles. The quantitative estimate of drug-likeness (QED) is 0.799. The van der Waals surface area contributed by atoms with Gasteiger partial charge >= 0.3 is 0 Å². The van der Waals surface area contributed by atoms with Crippen LogP contribution in [0.4, 0.5) is 0 Å². The van der Waals surface area contributed by atoms with Crippen molar-refractivity contribution in [2.45, 2.75) is 45.1 Å². The Bertz CT molecular complexity index is 294. The Labute approximate surface area is 98.8 Å². The molecule has 0 heterocycles. The number of benzene rings is 1. The van der Waals surface area contributed by atoms with Gasteiger partial charge in [-0.1, -0.05) is 32.4 Å². The van der Waals surface area contributed by atoms with Gasteiger partial charge in [0.1, 0.15) is 5.75 Å². The predicted molar refractivity (Wildman–Crippen MR) is 68.9 cm³/mol. The first kappa shape index (κ1) is 13.0. The fourth-order valence-electron chi connectivity index (χ4n) is 2.17. The smallest absolute Gasteiger partial charge is 0.118 e. The number of ether oxygens (including phenoxy) is 1. The van der Waals surface area contributed by atoms with Crippen LogP contribution in [0.3, 0.4) is 0 Å². The lowest BCUT2D eigenvalue weighted by molar-refractivity contribution is 0.414. The van der Waals surface area contributed by atoms with Crippen molar-refractivity contribution in [3.05, 3.63) is 29.8 Å². The Morgan fingerprint density at radius 1 is 1.19 bits per heavy atom. The Kier molecular flexibility index (Phi) is 5.33. The summed E-state index contributed by atoms with van der Waals surface area (Å²) in [4.78, 5) is 0. The SMILES string of the molecule is CCCC(N)C(CC)c1ccc(OC)cc1. The molecule has 0 aliphatic rings. The largest absolute Gasteiger partial charge is 0.497 e. The number of hydrogen-bond donors (Lipinski definition) is 1. The maximum Gasteiger partial charge on any atom is 0.118 e. The lowest BCUT2D eigenvalue weighted by Crippen LogP contribution is -2.27. The molecule has 2 unspecified atom stereocenters. The van der Waals surface area contributed by atoms with Gasteiger partial charge in [0, 0.05) is 6.04 Å². The van der Waals surface area contributed by atoms with Crippen LogP contribution < -0.4 is 10.5 Å². The molecule has 0 aliphatic carbocycles. The van der Waals surface area contributed by atoms with Crippen molar-refractivity contribution in [2.24, 2.45) is 5.73 Å². The Morgan fingerprint density at radius 3 is 2.25 bits per heavy atom. The second-order valence-corrected chi connectivity index (χ2v) is 4.24. The molecule has 1 aromatic rings. The van der Waals surface area contributed by atoms with E-state index in [2.05, 4.69) is 26.0 Å². The van der Waals surface area contributed by atoms with Gasteiger partial charge in [-0.15, -0.1) is 0 Å². The van der Waals surface area contributed by atoms with Gasteiger partial charge in [0.2, 0.25) is 0 Å². The Balaban J connectivity index is 2.78. The second kappa shape index (κ2) is 6.54. The fourth-order valence-corrected chi connectivity index (χ4v) is 2.17. The van der Waals surface area contributed by atoms with E-state index >= 15 is 0 Å². The minimum Gasteiger partial charge on any atom is -0.497 e. The van der Waals surface area contributed by atoms with Crippen molar-refractivity contribution in [3.8, 4) is 5.75 Å². The molecule has 1 aromatic carbocycles. The summed E-state index contributed by atoms with van der Waals surface area (Å²) in [5.74, 6) is 1.37. The van der Waals surface area contributed by atoms with Gasteiger partial charge in [-0.25, -0.2) is 0 Å². The number of methoxy groups -OCH3 is 1. The highest BCUT2D eigenvalue weighted by Crippen LogP contribution is 2.26. The summed E-state index contributed by atoms with van der Waals surface area (Å²) >= 11 is 0. The molecule has 2 heteroatoms. The van der Waals surface area contributed by atoms with Crippen LogP contribution in [-0.4, -0.2) is 13.2 Å². The third-order valence-electron chi connectivity index (χ3n) is 3.12. The monoisotopic (exact) mass is 221 g/mol. The molecule has 0 aromatic heterocycles. The summed E-state index contributed by atoms with van der Waals surface area (Å²) in [6, 6.07) is 8.54. The van der Waals surface area contributed by atoms with E-state index in [9.17, 15) is 0 Å². The van der Waals surface area contributed by atoms with Gasteiger partial charge in [-0.3, -0.25) is 0 Å². The third kappa shape index (κ3) is 3.24. The Hall–Kier alpha value is -1.02. The van der Waals surface area contributed by atoms with Crippen molar-refractivity contribution in [1.82, 2.24) is 0 Å². The van der Waals surface area contributed by atoms with Crippen LogP contribution in [0.5, 0.6) is 5.75 Å². The summed E-state index contributed by atoms with van der Waals surface area (Å²) < 4.78 is 5.16. The van der Waals surface area contributed by atoms with Gasteiger partial charge in [0.05, 0.1) is 7.11 Å². The van der Waals surface area contributed by atoms with Crippen LogP contribution in [0.1, 0.15) is 44.6 Å². The molecule has 0 bridgehead atoms. The average Bonchev–Trinajstić information content (AvgIpc) is 2.31. The van der Waals surface area contributed by atoms with Crippen LogP contribution >= 0.6 is 0 Å². The van der Waals surface area contributed by atoms with Gasteiger partial charge in [-0.05, 0) is 36.5 Å². The van der Waals surface area contributed by atoms with Gasteiger partial charge in [-0.2, -0.15) is 0 Å². The molecular formula is C14H23NO. The molecule has 0 aliphatic heterocycles. The fraction of sp³-hybridized carbons (Fsp3) is 0.571. The molecule has 0 amide bonds. The van der Waals surface area contributed by atoms with E-state index in [1.54, 1.807) is 7.11 Å². The van der Waals surface area contributed by atoms with Crippen molar-refractivity contribution in [1.29, 1.82) is 0 Å². The second-order valence-electron chi connectivity index (χ2n) is 4.24. The Morgan fingerprint density at radius 2 is 1.81 bits per heavy atom.